The number of rotatable bonds is 6. The van der Waals surface area contributed by atoms with Gasteiger partial charge in [0.1, 0.15) is 10.7 Å². The smallest absolute Gasteiger partial charge is 0.263 e. The van der Waals surface area contributed by atoms with Gasteiger partial charge in [-0.05, 0) is 44.6 Å². The first kappa shape index (κ1) is 19.8. The van der Waals surface area contributed by atoms with E-state index >= 15 is 0 Å². The summed E-state index contributed by atoms with van der Waals surface area (Å²) in [6.45, 7) is 6.06. The molecule has 0 spiro atoms. The lowest BCUT2D eigenvalue weighted by Crippen LogP contribution is -2.25. The Morgan fingerprint density at radius 3 is 2.93 bits per heavy atom. The van der Waals surface area contributed by atoms with Crippen molar-refractivity contribution in [3.05, 3.63) is 20.8 Å². The predicted octanol–water partition coefficient (Wildman–Crippen LogP) is 3.44. The summed E-state index contributed by atoms with van der Waals surface area (Å²) in [5, 5.41) is 17.9. The van der Waals surface area contributed by atoms with Crippen LogP contribution in [0, 0.1) is 28.6 Å². The predicted molar refractivity (Wildman–Crippen MR) is 109 cm³/mol. The Kier molecular flexibility index (Phi) is 5.82. The Bertz CT molecular complexity index is 1020. The second-order valence-electron chi connectivity index (χ2n) is 6.98. The molecule has 2 atom stereocenters. The lowest BCUT2D eigenvalue weighted by molar-refractivity contribution is -0.117. The summed E-state index contributed by atoms with van der Waals surface area (Å²) < 4.78 is 1.62. The molecule has 3 rings (SSSR count). The molecule has 2 aromatic heterocycles. The number of carbonyl (C=O) groups excluding carboxylic acids is 1. The average molecular weight is 403 g/mol. The zero-order chi connectivity index (χ0) is 19.7. The summed E-state index contributed by atoms with van der Waals surface area (Å²) >= 11 is 2.77. The molecule has 0 fully saturated rings. The monoisotopic (exact) mass is 402 g/mol. The molecular formula is C19H22N4O2S2. The van der Waals surface area contributed by atoms with Gasteiger partial charge in [0, 0.05) is 17.1 Å². The molecule has 6 nitrogen and oxygen atoms in total. The third-order valence-electron chi connectivity index (χ3n) is 4.92. The first-order chi connectivity index (χ1) is 12.9. The molecular weight excluding hydrogens is 380 g/mol. The van der Waals surface area contributed by atoms with E-state index in [1.165, 1.54) is 23.6 Å². The number of carbonyl (C=O) groups is 1. The van der Waals surface area contributed by atoms with Gasteiger partial charge in [0.15, 0.2) is 10.9 Å². The highest BCUT2D eigenvalue weighted by atomic mass is 32.2. The minimum Gasteiger partial charge on any atom is -0.308 e. The molecule has 0 unspecified atom stereocenters. The topological polar surface area (TPSA) is 99.6 Å². The summed E-state index contributed by atoms with van der Waals surface area (Å²) in [5.74, 6) is -0.711. The van der Waals surface area contributed by atoms with Crippen LogP contribution < -0.4 is 5.56 Å². The van der Waals surface area contributed by atoms with Gasteiger partial charge in [-0.2, -0.15) is 5.26 Å². The largest absolute Gasteiger partial charge is 0.308 e. The number of thioether (sulfide) groups is 1. The van der Waals surface area contributed by atoms with Gasteiger partial charge in [-0.1, -0.05) is 18.7 Å². The van der Waals surface area contributed by atoms with Gasteiger partial charge in [0.25, 0.3) is 5.56 Å². The maximum Gasteiger partial charge on any atom is 0.263 e. The van der Waals surface area contributed by atoms with Gasteiger partial charge in [-0.25, -0.2) is 4.98 Å². The van der Waals surface area contributed by atoms with E-state index in [1.807, 2.05) is 13.0 Å². The number of hydrogen-bond donors (Lipinski definition) is 1. The van der Waals surface area contributed by atoms with Crippen molar-refractivity contribution >= 4 is 44.8 Å². The van der Waals surface area contributed by atoms with E-state index in [9.17, 15) is 9.59 Å². The van der Waals surface area contributed by atoms with Crippen LogP contribution in [-0.2, 0) is 24.2 Å². The summed E-state index contributed by atoms with van der Waals surface area (Å²) in [6, 6.07) is 1.87. The van der Waals surface area contributed by atoms with Gasteiger partial charge >= 0.3 is 0 Å². The van der Waals surface area contributed by atoms with E-state index in [-0.39, 0.29) is 22.8 Å². The molecule has 0 saturated heterocycles. The lowest BCUT2D eigenvalue weighted by Gasteiger charge is -2.17. The van der Waals surface area contributed by atoms with Crippen molar-refractivity contribution in [2.75, 3.05) is 5.75 Å². The molecule has 0 bridgehead atoms. The molecule has 142 valence electrons. The van der Waals surface area contributed by atoms with E-state index < -0.39 is 5.92 Å². The highest BCUT2D eigenvalue weighted by Gasteiger charge is 2.25. The van der Waals surface area contributed by atoms with E-state index in [4.69, 9.17) is 15.7 Å². The molecule has 0 radical (unpaired) electrons. The Balaban J connectivity index is 1.97. The number of nitriles is 1. The Hall–Kier alpha value is -1.98. The normalized spacial score (nSPS) is 17.3. The number of nitrogens with zero attached hydrogens (tertiary/aromatic N) is 3. The van der Waals surface area contributed by atoms with Gasteiger partial charge < -0.3 is 5.41 Å². The zero-order valence-corrected chi connectivity index (χ0v) is 17.3. The molecule has 1 aliphatic carbocycles. The Labute approximate surface area is 166 Å². The van der Waals surface area contributed by atoms with Crippen molar-refractivity contribution < 1.29 is 4.79 Å². The number of hydrogen-bond acceptors (Lipinski definition) is 7. The molecule has 2 aromatic rings. The second kappa shape index (κ2) is 7.95. The SMILES string of the molecule is CCn1c(SCC(=O)[C@@H](C#N)C(C)=N)nc2sc3c(c2c1=O)CC[C@H](C)C3. The maximum atomic E-state index is 13.1. The van der Waals surface area contributed by atoms with Crippen LogP contribution in [0.25, 0.3) is 10.2 Å². The fourth-order valence-electron chi connectivity index (χ4n) is 3.42. The summed E-state index contributed by atoms with van der Waals surface area (Å²) in [6.07, 6.45) is 3.00. The standard InChI is InChI=1S/C19H22N4O2S2/c1-4-23-18(25)16-12-6-5-10(2)7-15(12)27-17(16)22-19(23)26-9-14(24)13(8-20)11(3)21/h10,13,21H,4-7,9H2,1-3H3/t10-,13-/m0/s1. The Morgan fingerprint density at radius 1 is 1.56 bits per heavy atom. The Morgan fingerprint density at radius 2 is 2.30 bits per heavy atom. The third kappa shape index (κ3) is 3.71. The number of aromatic nitrogens is 2. The highest BCUT2D eigenvalue weighted by Crippen LogP contribution is 2.36. The van der Waals surface area contributed by atoms with Crippen LogP contribution >= 0.6 is 23.1 Å². The van der Waals surface area contributed by atoms with Crippen LogP contribution in [0.4, 0.5) is 0 Å². The van der Waals surface area contributed by atoms with E-state index in [1.54, 1.807) is 15.9 Å². The van der Waals surface area contributed by atoms with Crippen molar-refractivity contribution in [1.29, 1.82) is 10.7 Å². The third-order valence-corrected chi connectivity index (χ3v) is 7.07. The van der Waals surface area contributed by atoms with Crippen LogP contribution in [0.2, 0.25) is 0 Å². The molecule has 1 aliphatic rings. The van der Waals surface area contributed by atoms with Crippen molar-refractivity contribution in [2.45, 2.75) is 51.7 Å². The number of aryl methyl sites for hydroxylation is 1. The summed E-state index contributed by atoms with van der Waals surface area (Å²) in [4.78, 5) is 32.0. The van der Waals surface area contributed by atoms with E-state index in [0.29, 0.717) is 17.6 Å². The van der Waals surface area contributed by atoms with E-state index in [0.717, 1.165) is 35.0 Å². The molecule has 0 aromatic carbocycles. The van der Waals surface area contributed by atoms with Crippen LogP contribution in [0.3, 0.4) is 0 Å². The first-order valence-corrected chi connectivity index (χ1v) is 10.8. The number of nitrogens with one attached hydrogen (secondary N) is 1. The molecule has 8 heteroatoms. The lowest BCUT2D eigenvalue weighted by atomic mass is 9.89. The molecule has 0 amide bonds. The number of Topliss-reactive ketones (excluding diaryl/α,β-unsaturated/α-hetero) is 1. The number of ketones is 1. The van der Waals surface area contributed by atoms with Crippen molar-refractivity contribution in [3.8, 4) is 6.07 Å². The van der Waals surface area contributed by atoms with Crippen LogP contribution in [0.15, 0.2) is 9.95 Å². The van der Waals surface area contributed by atoms with Crippen molar-refractivity contribution in [2.24, 2.45) is 11.8 Å². The van der Waals surface area contributed by atoms with E-state index in [2.05, 4.69) is 6.92 Å². The van der Waals surface area contributed by atoms with Gasteiger partial charge in [-0.15, -0.1) is 11.3 Å². The van der Waals surface area contributed by atoms with Crippen LogP contribution in [0.5, 0.6) is 0 Å². The van der Waals surface area contributed by atoms with Crippen molar-refractivity contribution in [1.82, 2.24) is 9.55 Å². The number of fused-ring (bicyclic) bond motifs is 3. The first-order valence-electron chi connectivity index (χ1n) is 9.02. The second-order valence-corrected chi connectivity index (χ2v) is 9.00. The van der Waals surface area contributed by atoms with Crippen LogP contribution in [0.1, 0.15) is 37.6 Å². The minimum atomic E-state index is -1.03. The quantitative estimate of drug-likeness (QED) is 0.453. The minimum absolute atomic E-state index is 0.0223. The zero-order valence-electron chi connectivity index (χ0n) is 15.7. The molecule has 2 heterocycles. The fraction of sp³-hybridized carbons (Fsp3) is 0.526. The molecule has 0 aliphatic heterocycles. The maximum absolute atomic E-state index is 13.1. The van der Waals surface area contributed by atoms with Gasteiger partial charge in [0.2, 0.25) is 0 Å². The fourth-order valence-corrected chi connectivity index (χ4v) is 5.82. The number of thiophene rings is 1. The highest BCUT2D eigenvalue weighted by molar-refractivity contribution is 7.99. The average Bonchev–Trinajstić information content (AvgIpc) is 2.97. The van der Waals surface area contributed by atoms with Crippen molar-refractivity contribution in [3.63, 3.8) is 0 Å². The molecule has 1 N–H and O–H groups in total. The van der Waals surface area contributed by atoms with Gasteiger partial charge in [-0.3, -0.25) is 14.2 Å². The summed E-state index contributed by atoms with van der Waals surface area (Å²) in [5.41, 5.74) is 1.16. The van der Waals surface area contributed by atoms with Crippen LogP contribution in [-0.4, -0.2) is 26.8 Å². The summed E-state index contributed by atoms with van der Waals surface area (Å²) in [7, 11) is 0. The molecule has 0 saturated carbocycles. The van der Waals surface area contributed by atoms with Gasteiger partial charge in [0.05, 0.1) is 17.2 Å². The molecule has 27 heavy (non-hydrogen) atoms.